The van der Waals surface area contributed by atoms with Gasteiger partial charge in [-0.2, -0.15) is 0 Å². The number of pyridine rings is 1. The molecule has 96 valence electrons. The van der Waals surface area contributed by atoms with Gasteiger partial charge in [-0.15, -0.1) is 0 Å². The van der Waals surface area contributed by atoms with Gasteiger partial charge in [0, 0.05) is 22.4 Å². The highest BCUT2D eigenvalue weighted by Crippen LogP contribution is 2.34. The number of rotatable bonds is 1. The lowest BCUT2D eigenvalue weighted by Gasteiger charge is -2.09. The monoisotopic (exact) mass is 259 g/mol. The van der Waals surface area contributed by atoms with E-state index < -0.39 is 0 Å². The van der Waals surface area contributed by atoms with Crippen molar-refractivity contribution < 1.29 is 4.74 Å². The van der Waals surface area contributed by atoms with E-state index in [0.29, 0.717) is 0 Å². The molecule has 1 heterocycles. The molecule has 4 rings (SSSR count). The summed E-state index contributed by atoms with van der Waals surface area (Å²) in [6.45, 7) is 0. The van der Waals surface area contributed by atoms with Crippen molar-refractivity contribution in [2.45, 2.75) is 0 Å². The van der Waals surface area contributed by atoms with Gasteiger partial charge in [-0.3, -0.25) is 4.98 Å². The topological polar surface area (TPSA) is 22.1 Å². The van der Waals surface area contributed by atoms with Gasteiger partial charge < -0.3 is 4.74 Å². The standard InChI is InChI=1S/C18H13NO/c1-20-17-8-4-7-15-14(17)9-10-16-18(15)13-6-3-2-5-12(13)11-19-16/h2-11H,1H3. The molecule has 0 N–H and O–H groups in total. The predicted molar refractivity (Wildman–Crippen MR) is 83.3 cm³/mol. The van der Waals surface area contributed by atoms with Gasteiger partial charge in [0.2, 0.25) is 0 Å². The average molecular weight is 259 g/mol. The van der Waals surface area contributed by atoms with Gasteiger partial charge >= 0.3 is 0 Å². The smallest absolute Gasteiger partial charge is 0.126 e. The summed E-state index contributed by atoms with van der Waals surface area (Å²) in [4.78, 5) is 4.57. The van der Waals surface area contributed by atoms with Crippen LogP contribution < -0.4 is 4.74 Å². The van der Waals surface area contributed by atoms with E-state index in [0.717, 1.165) is 22.0 Å². The molecule has 2 nitrogen and oxygen atoms in total. The van der Waals surface area contributed by atoms with Crippen LogP contribution in [0.5, 0.6) is 5.75 Å². The van der Waals surface area contributed by atoms with Crippen LogP contribution in [0.1, 0.15) is 0 Å². The SMILES string of the molecule is COc1cccc2c1ccc1ncc3ccccc3c12. The molecule has 0 amide bonds. The Labute approximate surface area is 116 Å². The minimum atomic E-state index is 0.900. The Morgan fingerprint density at radius 2 is 1.65 bits per heavy atom. The minimum absolute atomic E-state index is 0.900. The number of nitrogens with zero attached hydrogens (tertiary/aromatic N) is 1. The van der Waals surface area contributed by atoms with E-state index in [1.165, 1.54) is 16.2 Å². The van der Waals surface area contributed by atoms with Gasteiger partial charge in [0.15, 0.2) is 0 Å². The molecule has 4 aromatic rings. The van der Waals surface area contributed by atoms with Gasteiger partial charge in [-0.25, -0.2) is 0 Å². The molecule has 0 saturated heterocycles. The van der Waals surface area contributed by atoms with Gasteiger partial charge in [0.1, 0.15) is 5.75 Å². The summed E-state index contributed by atoms with van der Waals surface area (Å²) in [7, 11) is 1.71. The van der Waals surface area contributed by atoms with Gasteiger partial charge in [-0.1, -0.05) is 36.4 Å². The van der Waals surface area contributed by atoms with E-state index in [4.69, 9.17) is 4.74 Å². The Morgan fingerprint density at radius 1 is 0.800 bits per heavy atom. The summed E-state index contributed by atoms with van der Waals surface area (Å²) in [5.74, 6) is 0.900. The van der Waals surface area contributed by atoms with Crippen molar-refractivity contribution in [3.63, 3.8) is 0 Å². The summed E-state index contributed by atoms with van der Waals surface area (Å²) in [5, 5.41) is 5.90. The van der Waals surface area contributed by atoms with Crippen molar-refractivity contribution >= 4 is 32.4 Å². The van der Waals surface area contributed by atoms with Crippen molar-refractivity contribution in [3.8, 4) is 5.75 Å². The molecule has 0 unspecified atom stereocenters. The maximum atomic E-state index is 5.47. The number of methoxy groups -OCH3 is 1. The van der Waals surface area contributed by atoms with Crippen LogP contribution in [0, 0.1) is 0 Å². The second-order valence-electron chi connectivity index (χ2n) is 4.86. The summed E-state index contributed by atoms with van der Waals surface area (Å²) in [6, 6.07) is 18.7. The molecule has 2 heteroatoms. The zero-order chi connectivity index (χ0) is 13.5. The summed E-state index contributed by atoms with van der Waals surface area (Å²) in [6.07, 6.45) is 1.93. The molecular weight excluding hydrogens is 246 g/mol. The minimum Gasteiger partial charge on any atom is -0.496 e. The normalized spacial score (nSPS) is 11.2. The summed E-state index contributed by atoms with van der Waals surface area (Å²) >= 11 is 0. The van der Waals surface area contributed by atoms with Crippen molar-refractivity contribution in [2.75, 3.05) is 7.11 Å². The van der Waals surface area contributed by atoms with Crippen LogP contribution >= 0.6 is 0 Å². The van der Waals surface area contributed by atoms with E-state index in [9.17, 15) is 0 Å². The van der Waals surface area contributed by atoms with Gasteiger partial charge in [0.25, 0.3) is 0 Å². The highest BCUT2D eigenvalue weighted by Gasteiger charge is 2.08. The van der Waals surface area contributed by atoms with Crippen molar-refractivity contribution in [2.24, 2.45) is 0 Å². The number of fused-ring (bicyclic) bond motifs is 5. The average Bonchev–Trinajstić information content (AvgIpc) is 2.53. The molecular formula is C18H13NO. The van der Waals surface area contributed by atoms with E-state index >= 15 is 0 Å². The molecule has 0 spiro atoms. The lowest BCUT2D eigenvalue weighted by atomic mass is 10.00. The van der Waals surface area contributed by atoms with Gasteiger partial charge in [0.05, 0.1) is 12.6 Å². The zero-order valence-electron chi connectivity index (χ0n) is 11.1. The number of benzene rings is 3. The summed E-state index contributed by atoms with van der Waals surface area (Å²) < 4.78 is 5.47. The van der Waals surface area contributed by atoms with Crippen LogP contribution in [-0.4, -0.2) is 12.1 Å². The number of aromatic nitrogens is 1. The first kappa shape index (κ1) is 11.2. The van der Waals surface area contributed by atoms with Gasteiger partial charge in [-0.05, 0) is 29.0 Å². The quantitative estimate of drug-likeness (QED) is 0.468. The molecule has 20 heavy (non-hydrogen) atoms. The highest BCUT2D eigenvalue weighted by molar-refractivity contribution is 6.19. The largest absolute Gasteiger partial charge is 0.496 e. The maximum absolute atomic E-state index is 5.47. The fourth-order valence-corrected chi connectivity index (χ4v) is 2.86. The number of hydrogen-bond acceptors (Lipinski definition) is 2. The first-order valence-electron chi connectivity index (χ1n) is 6.61. The Balaban J connectivity index is 2.31. The molecule has 0 atom stereocenters. The van der Waals surface area contributed by atoms with E-state index in [1.54, 1.807) is 7.11 Å². The molecule has 0 bridgehead atoms. The molecule has 0 aliphatic carbocycles. The van der Waals surface area contributed by atoms with Crippen LogP contribution in [0.15, 0.2) is 60.8 Å². The Hall–Kier alpha value is -2.61. The van der Waals surface area contributed by atoms with E-state index in [2.05, 4.69) is 41.4 Å². The molecule has 0 saturated carbocycles. The number of hydrogen-bond donors (Lipinski definition) is 0. The van der Waals surface area contributed by atoms with Crippen LogP contribution in [0.25, 0.3) is 32.4 Å². The van der Waals surface area contributed by atoms with Crippen LogP contribution in [0.2, 0.25) is 0 Å². The lowest BCUT2D eigenvalue weighted by Crippen LogP contribution is -1.87. The maximum Gasteiger partial charge on any atom is 0.126 e. The van der Waals surface area contributed by atoms with E-state index in [-0.39, 0.29) is 0 Å². The van der Waals surface area contributed by atoms with Crippen molar-refractivity contribution in [1.29, 1.82) is 0 Å². The Morgan fingerprint density at radius 3 is 2.55 bits per heavy atom. The molecule has 0 aliphatic rings. The third-order valence-corrected chi connectivity index (χ3v) is 3.79. The highest BCUT2D eigenvalue weighted by atomic mass is 16.5. The van der Waals surface area contributed by atoms with Crippen LogP contribution in [-0.2, 0) is 0 Å². The second-order valence-corrected chi connectivity index (χ2v) is 4.86. The molecule has 3 aromatic carbocycles. The predicted octanol–water partition coefficient (Wildman–Crippen LogP) is 4.55. The third-order valence-electron chi connectivity index (χ3n) is 3.79. The first-order chi connectivity index (χ1) is 9.88. The Bertz CT molecular complexity index is 944. The summed E-state index contributed by atoms with van der Waals surface area (Å²) in [5.41, 5.74) is 1.02. The fraction of sp³-hybridized carbons (Fsp3) is 0.0556. The van der Waals surface area contributed by atoms with Crippen LogP contribution in [0.3, 0.4) is 0 Å². The van der Waals surface area contributed by atoms with Crippen molar-refractivity contribution in [1.82, 2.24) is 4.98 Å². The first-order valence-corrected chi connectivity index (χ1v) is 6.61. The van der Waals surface area contributed by atoms with Crippen LogP contribution in [0.4, 0.5) is 0 Å². The fourth-order valence-electron chi connectivity index (χ4n) is 2.86. The van der Waals surface area contributed by atoms with Crippen molar-refractivity contribution in [3.05, 3.63) is 60.8 Å². The second kappa shape index (κ2) is 4.20. The lowest BCUT2D eigenvalue weighted by molar-refractivity contribution is 0.420. The molecule has 0 radical (unpaired) electrons. The molecule has 0 fully saturated rings. The third kappa shape index (κ3) is 1.48. The van der Waals surface area contributed by atoms with E-state index in [1.807, 2.05) is 24.4 Å². The number of ether oxygens (including phenoxy) is 1. The Kier molecular flexibility index (Phi) is 2.36. The molecule has 0 aliphatic heterocycles. The molecule has 1 aromatic heterocycles. The zero-order valence-corrected chi connectivity index (χ0v) is 11.1.